The van der Waals surface area contributed by atoms with E-state index in [0.717, 1.165) is 70.6 Å². The van der Waals surface area contributed by atoms with E-state index < -0.39 is 26.5 Å². The first kappa shape index (κ1) is 58.0. The monoisotopic (exact) mass is 867 g/mol. The van der Waals surface area contributed by atoms with Crippen LogP contribution in [0.2, 0.25) is 0 Å². The Labute approximate surface area is 369 Å². The lowest BCUT2D eigenvalue weighted by Gasteiger charge is -2.24. The third kappa shape index (κ3) is 45.5. The second-order valence-corrected chi connectivity index (χ2v) is 18.9. The van der Waals surface area contributed by atoms with Gasteiger partial charge in [0.05, 0.1) is 27.7 Å². The third-order valence-corrected chi connectivity index (χ3v) is 11.3. The quantitative estimate of drug-likeness (QED) is 0.0212. The van der Waals surface area contributed by atoms with Crippen molar-refractivity contribution in [3.63, 3.8) is 0 Å². The third-order valence-electron chi connectivity index (χ3n) is 10.3. The van der Waals surface area contributed by atoms with E-state index in [4.69, 9.17) is 18.5 Å². The van der Waals surface area contributed by atoms with E-state index in [1.807, 2.05) is 21.1 Å². The largest absolute Gasteiger partial charge is 0.472 e. The second-order valence-electron chi connectivity index (χ2n) is 17.5. The lowest BCUT2D eigenvalue weighted by Crippen LogP contribution is -2.37. The van der Waals surface area contributed by atoms with Crippen molar-refractivity contribution in [3.8, 4) is 0 Å². The predicted molar refractivity (Wildman–Crippen MR) is 252 cm³/mol. The van der Waals surface area contributed by atoms with Gasteiger partial charge in [0.15, 0.2) is 6.10 Å². The van der Waals surface area contributed by atoms with Gasteiger partial charge in [-0.2, -0.15) is 0 Å². The fourth-order valence-electron chi connectivity index (χ4n) is 6.55. The number of phosphoric acid groups is 1. The lowest BCUT2D eigenvalue weighted by atomic mass is 10.1. The first-order chi connectivity index (χ1) is 29.0. The molecule has 0 heterocycles. The van der Waals surface area contributed by atoms with Gasteiger partial charge in [0.1, 0.15) is 19.8 Å². The van der Waals surface area contributed by atoms with Crippen molar-refractivity contribution in [3.05, 3.63) is 48.6 Å². The summed E-state index contributed by atoms with van der Waals surface area (Å²) in [5.41, 5.74) is 0. The summed E-state index contributed by atoms with van der Waals surface area (Å²) in [5.74, 6) is -0.818. The van der Waals surface area contributed by atoms with Crippen molar-refractivity contribution >= 4 is 19.8 Å². The fourth-order valence-corrected chi connectivity index (χ4v) is 7.29. The minimum Gasteiger partial charge on any atom is -0.462 e. The molecule has 2 unspecified atom stereocenters. The van der Waals surface area contributed by atoms with Crippen LogP contribution >= 0.6 is 7.82 Å². The molecule has 0 aliphatic rings. The van der Waals surface area contributed by atoms with Crippen LogP contribution in [-0.4, -0.2) is 74.9 Å². The van der Waals surface area contributed by atoms with Crippen LogP contribution in [-0.2, 0) is 32.7 Å². The molecule has 0 aromatic rings. The van der Waals surface area contributed by atoms with E-state index in [1.54, 1.807) is 0 Å². The highest BCUT2D eigenvalue weighted by Gasteiger charge is 2.27. The van der Waals surface area contributed by atoms with Gasteiger partial charge in [-0.3, -0.25) is 18.6 Å². The van der Waals surface area contributed by atoms with Crippen LogP contribution in [0.15, 0.2) is 48.6 Å². The van der Waals surface area contributed by atoms with Crippen LogP contribution in [0, 0.1) is 0 Å². The molecule has 9 nitrogen and oxygen atoms in total. The van der Waals surface area contributed by atoms with E-state index in [2.05, 4.69) is 62.5 Å². The number of nitrogens with zero attached hydrogens (tertiary/aromatic N) is 1. The van der Waals surface area contributed by atoms with Crippen LogP contribution < -0.4 is 0 Å². The minimum absolute atomic E-state index is 0.0267. The molecule has 10 heteroatoms. The van der Waals surface area contributed by atoms with Gasteiger partial charge in [-0.1, -0.05) is 172 Å². The molecular weight excluding hydrogens is 774 g/mol. The fraction of sp³-hybridized carbons (Fsp3) is 0.800. The number of phosphoric ester groups is 1. The number of rotatable bonds is 44. The van der Waals surface area contributed by atoms with Gasteiger partial charge in [0.25, 0.3) is 0 Å². The Kier molecular flexibility index (Phi) is 40.8. The summed E-state index contributed by atoms with van der Waals surface area (Å²) < 4.78 is 34.4. The highest BCUT2D eigenvalue weighted by atomic mass is 31.2. The normalized spacial score (nSPS) is 13.9. The number of unbranched alkanes of at least 4 members (excludes halogenated alkanes) is 22. The number of esters is 2. The Morgan fingerprint density at radius 1 is 0.533 bits per heavy atom. The zero-order valence-electron chi connectivity index (χ0n) is 39.4. The second kappa shape index (κ2) is 42.3. The molecule has 0 saturated carbocycles. The zero-order valence-corrected chi connectivity index (χ0v) is 40.3. The maximum absolute atomic E-state index is 12.7. The van der Waals surface area contributed by atoms with Crippen molar-refractivity contribution < 1.29 is 42.1 Å². The van der Waals surface area contributed by atoms with Crippen molar-refractivity contribution in [2.45, 2.75) is 213 Å². The number of carbonyl (C=O) groups excluding carboxylic acids is 2. The predicted octanol–water partition coefficient (Wildman–Crippen LogP) is 14.2. The number of quaternary nitrogens is 1. The molecule has 0 aliphatic carbocycles. The van der Waals surface area contributed by atoms with Crippen LogP contribution in [0.25, 0.3) is 0 Å². The first-order valence-corrected chi connectivity index (χ1v) is 25.9. The van der Waals surface area contributed by atoms with Crippen LogP contribution in [0.5, 0.6) is 0 Å². The Balaban J connectivity index is 4.27. The summed E-state index contributed by atoms with van der Waals surface area (Å²) in [5, 5.41) is 0. The molecule has 60 heavy (non-hydrogen) atoms. The Morgan fingerprint density at radius 3 is 1.43 bits per heavy atom. The number of likely N-dealkylation sites (N-methyl/N-ethyl adjacent to an activating group) is 1. The van der Waals surface area contributed by atoms with E-state index in [-0.39, 0.29) is 32.0 Å². The molecule has 0 amide bonds. The van der Waals surface area contributed by atoms with Gasteiger partial charge in [-0.25, -0.2) is 4.57 Å². The topological polar surface area (TPSA) is 108 Å². The molecule has 0 fully saturated rings. The summed E-state index contributed by atoms with van der Waals surface area (Å²) in [6, 6.07) is 0. The average Bonchev–Trinajstić information content (AvgIpc) is 3.20. The van der Waals surface area contributed by atoms with Crippen molar-refractivity contribution in [1.82, 2.24) is 0 Å². The molecule has 0 rings (SSSR count). The molecular formula is C50H93NO8P+. The minimum atomic E-state index is -4.38. The van der Waals surface area contributed by atoms with Gasteiger partial charge in [0.2, 0.25) is 0 Å². The number of hydrogen-bond donors (Lipinski definition) is 1. The average molecular weight is 867 g/mol. The molecule has 0 bridgehead atoms. The molecule has 0 radical (unpaired) electrons. The van der Waals surface area contributed by atoms with Gasteiger partial charge in [-0.05, 0) is 70.6 Å². The van der Waals surface area contributed by atoms with E-state index in [0.29, 0.717) is 17.4 Å². The molecule has 0 aromatic carbocycles. The molecule has 0 aromatic heterocycles. The SMILES string of the molecule is CC/C=C\C/C=C\C/C=C\CCCCCCCC(=O)OC(COC(=O)CCCCCCCCCCC/C=C\CCCCCCCCCC)COP(=O)(O)OCC[N+](C)(C)C. The van der Waals surface area contributed by atoms with Crippen LogP contribution in [0.3, 0.4) is 0 Å². The summed E-state index contributed by atoms with van der Waals surface area (Å²) in [6.07, 6.45) is 50.2. The van der Waals surface area contributed by atoms with Gasteiger partial charge >= 0.3 is 19.8 Å². The molecule has 0 saturated heterocycles. The first-order valence-electron chi connectivity index (χ1n) is 24.4. The highest BCUT2D eigenvalue weighted by Crippen LogP contribution is 2.43. The summed E-state index contributed by atoms with van der Waals surface area (Å²) in [4.78, 5) is 35.5. The maximum Gasteiger partial charge on any atom is 0.472 e. The number of hydrogen-bond acceptors (Lipinski definition) is 7. The molecule has 0 spiro atoms. The smallest absolute Gasteiger partial charge is 0.462 e. The van der Waals surface area contributed by atoms with Crippen molar-refractivity contribution in [1.29, 1.82) is 0 Å². The standard InChI is InChI=1S/C50H92NO8P/c1-6-8-10-12-14-16-18-20-22-23-24-25-26-27-29-30-32-34-36-38-40-42-49(52)56-46-48(47-58-60(54,55)57-45-44-51(3,4)5)59-50(53)43-41-39-37-35-33-31-28-21-19-17-15-13-11-9-7-2/h9,11,15,17,21,23-24,28,48H,6-8,10,12-14,16,18-20,22,25-27,29-47H2,1-5H3/p+1/b11-9-,17-15-,24-23-,28-21-. The Hall–Kier alpha value is -2.03. The summed E-state index contributed by atoms with van der Waals surface area (Å²) in [6.45, 7) is 4.30. The van der Waals surface area contributed by atoms with Crippen molar-refractivity contribution in [2.24, 2.45) is 0 Å². The number of ether oxygens (including phenoxy) is 2. The van der Waals surface area contributed by atoms with E-state index in [1.165, 1.54) is 103 Å². The molecule has 0 aliphatic heterocycles. The number of carbonyl (C=O) groups is 2. The van der Waals surface area contributed by atoms with Crippen LogP contribution in [0.4, 0.5) is 0 Å². The maximum atomic E-state index is 12.7. The number of allylic oxidation sites excluding steroid dienone is 8. The molecule has 1 N–H and O–H groups in total. The van der Waals surface area contributed by atoms with Gasteiger partial charge in [-0.15, -0.1) is 0 Å². The van der Waals surface area contributed by atoms with E-state index in [9.17, 15) is 19.0 Å². The summed E-state index contributed by atoms with van der Waals surface area (Å²) in [7, 11) is 1.46. The van der Waals surface area contributed by atoms with Gasteiger partial charge in [0, 0.05) is 12.8 Å². The Morgan fingerprint density at radius 2 is 0.950 bits per heavy atom. The van der Waals surface area contributed by atoms with Crippen LogP contribution in [0.1, 0.15) is 206 Å². The molecule has 2 atom stereocenters. The van der Waals surface area contributed by atoms with Gasteiger partial charge < -0.3 is 18.9 Å². The molecule has 350 valence electrons. The van der Waals surface area contributed by atoms with E-state index >= 15 is 0 Å². The lowest BCUT2D eigenvalue weighted by molar-refractivity contribution is -0.870. The Bertz CT molecular complexity index is 1160. The summed E-state index contributed by atoms with van der Waals surface area (Å²) >= 11 is 0. The van der Waals surface area contributed by atoms with Crippen molar-refractivity contribution in [2.75, 3.05) is 47.5 Å². The highest BCUT2D eigenvalue weighted by molar-refractivity contribution is 7.47. The zero-order chi connectivity index (χ0) is 44.3.